The third-order valence-electron chi connectivity index (χ3n) is 3.49. The minimum Gasteiger partial charge on any atom is -0.357 e. The Balaban J connectivity index is 1.64. The van der Waals surface area contributed by atoms with Gasteiger partial charge in [-0.2, -0.15) is 5.10 Å². The van der Waals surface area contributed by atoms with Gasteiger partial charge < -0.3 is 10.3 Å². The molecule has 0 aliphatic heterocycles. The molecule has 1 aromatic heterocycles. The van der Waals surface area contributed by atoms with E-state index in [1.54, 1.807) is 66.9 Å². The van der Waals surface area contributed by atoms with Crippen LogP contribution in [-0.2, 0) is 0 Å². The lowest BCUT2D eigenvalue weighted by atomic mass is 10.2. The third-order valence-corrected chi connectivity index (χ3v) is 3.81. The number of hydrogen-bond acceptors (Lipinski definition) is 3. The fraction of sp³-hybridized carbons (Fsp3) is 0. The Morgan fingerprint density at radius 1 is 1.00 bits per heavy atom. The van der Waals surface area contributed by atoms with Crippen LogP contribution in [0.3, 0.4) is 0 Å². The normalized spacial score (nSPS) is 10.7. The maximum Gasteiger partial charge on any atom is 0.287 e. The molecule has 0 atom stereocenters. The van der Waals surface area contributed by atoms with Gasteiger partial charge in [0, 0.05) is 11.9 Å². The Bertz CT molecular complexity index is 952. The highest BCUT2D eigenvalue weighted by molar-refractivity contribution is 6.34. The molecule has 3 aromatic rings. The molecule has 0 spiro atoms. The molecule has 0 bridgehead atoms. The number of H-pyrrole nitrogens is 1. The molecule has 130 valence electrons. The van der Waals surface area contributed by atoms with Crippen LogP contribution in [0, 0.1) is 0 Å². The number of nitrogens with one attached hydrogen (secondary N) is 3. The molecule has 2 amide bonds. The van der Waals surface area contributed by atoms with Gasteiger partial charge in [0.1, 0.15) is 5.69 Å². The molecule has 0 radical (unpaired) electrons. The average Bonchev–Trinajstić information content (AvgIpc) is 3.17. The molecule has 1 heterocycles. The van der Waals surface area contributed by atoms with Crippen LogP contribution in [0.5, 0.6) is 0 Å². The summed E-state index contributed by atoms with van der Waals surface area (Å²) < 4.78 is 0. The number of hydrazone groups is 1. The lowest BCUT2D eigenvalue weighted by Gasteiger charge is -2.07. The number of aromatic nitrogens is 1. The zero-order valence-corrected chi connectivity index (χ0v) is 14.3. The zero-order valence-electron chi connectivity index (χ0n) is 13.6. The molecule has 0 fully saturated rings. The summed E-state index contributed by atoms with van der Waals surface area (Å²) in [5.74, 6) is -0.640. The fourth-order valence-corrected chi connectivity index (χ4v) is 2.46. The van der Waals surface area contributed by atoms with E-state index < -0.39 is 0 Å². The minimum atomic E-state index is -0.338. The van der Waals surface area contributed by atoms with Crippen LogP contribution in [0.15, 0.2) is 72.0 Å². The molecule has 3 rings (SSSR count). The van der Waals surface area contributed by atoms with E-state index in [1.807, 2.05) is 0 Å². The van der Waals surface area contributed by atoms with Crippen molar-refractivity contribution in [1.82, 2.24) is 10.4 Å². The second kappa shape index (κ2) is 8.13. The molecule has 0 aliphatic rings. The van der Waals surface area contributed by atoms with E-state index in [-0.39, 0.29) is 11.8 Å². The number of aromatic amines is 1. The summed E-state index contributed by atoms with van der Waals surface area (Å²) in [5, 5.41) is 7.08. The van der Waals surface area contributed by atoms with Gasteiger partial charge in [-0.25, -0.2) is 5.43 Å². The maximum absolute atomic E-state index is 12.3. The van der Waals surface area contributed by atoms with Gasteiger partial charge in [-0.05, 0) is 42.0 Å². The van der Waals surface area contributed by atoms with Gasteiger partial charge in [0.15, 0.2) is 0 Å². The zero-order chi connectivity index (χ0) is 18.4. The second-order valence-corrected chi connectivity index (χ2v) is 5.75. The molecule has 6 nitrogen and oxygen atoms in total. The molecule has 2 aromatic carbocycles. The Morgan fingerprint density at radius 2 is 1.85 bits per heavy atom. The van der Waals surface area contributed by atoms with Crippen molar-refractivity contribution in [2.24, 2.45) is 5.10 Å². The largest absolute Gasteiger partial charge is 0.357 e. The van der Waals surface area contributed by atoms with Gasteiger partial charge >= 0.3 is 0 Å². The van der Waals surface area contributed by atoms with E-state index in [9.17, 15) is 9.59 Å². The highest BCUT2D eigenvalue weighted by atomic mass is 35.5. The summed E-state index contributed by atoms with van der Waals surface area (Å²) in [5.41, 5.74) is 4.54. The van der Waals surface area contributed by atoms with Crippen LogP contribution in [0.25, 0.3) is 0 Å². The van der Waals surface area contributed by atoms with Gasteiger partial charge in [0.25, 0.3) is 11.8 Å². The second-order valence-electron chi connectivity index (χ2n) is 5.34. The average molecular weight is 367 g/mol. The van der Waals surface area contributed by atoms with Gasteiger partial charge in [-0.1, -0.05) is 35.9 Å². The third kappa shape index (κ3) is 4.37. The molecule has 7 heteroatoms. The molecule has 0 aliphatic carbocycles. The summed E-state index contributed by atoms with van der Waals surface area (Å²) in [7, 11) is 0. The van der Waals surface area contributed by atoms with Crippen LogP contribution in [0.1, 0.15) is 26.4 Å². The fourth-order valence-electron chi connectivity index (χ4n) is 2.24. The highest BCUT2D eigenvalue weighted by Crippen LogP contribution is 2.17. The molecule has 26 heavy (non-hydrogen) atoms. The first-order valence-electron chi connectivity index (χ1n) is 7.76. The quantitative estimate of drug-likeness (QED) is 0.475. The van der Waals surface area contributed by atoms with Crippen LogP contribution < -0.4 is 10.7 Å². The summed E-state index contributed by atoms with van der Waals surface area (Å²) in [6.45, 7) is 0. The van der Waals surface area contributed by atoms with Crippen molar-refractivity contribution in [3.63, 3.8) is 0 Å². The van der Waals surface area contributed by atoms with Crippen LogP contribution >= 0.6 is 11.6 Å². The van der Waals surface area contributed by atoms with E-state index in [0.29, 0.717) is 27.5 Å². The van der Waals surface area contributed by atoms with Gasteiger partial charge in [0.2, 0.25) is 0 Å². The number of benzene rings is 2. The van der Waals surface area contributed by atoms with Gasteiger partial charge in [0.05, 0.1) is 16.8 Å². The Hall–Kier alpha value is -3.38. The van der Waals surface area contributed by atoms with Crippen molar-refractivity contribution in [1.29, 1.82) is 0 Å². The molecular formula is C19H15ClN4O2. The number of halogens is 1. The topological polar surface area (TPSA) is 86.3 Å². The number of carbonyl (C=O) groups excluding carboxylic acids is 2. The monoisotopic (exact) mass is 366 g/mol. The molecule has 0 saturated carbocycles. The summed E-state index contributed by atoms with van der Waals surface area (Å²) in [4.78, 5) is 26.9. The first-order chi connectivity index (χ1) is 12.6. The van der Waals surface area contributed by atoms with Crippen LogP contribution in [-0.4, -0.2) is 23.0 Å². The Kier molecular flexibility index (Phi) is 5.46. The lowest BCUT2D eigenvalue weighted by molar-refractivity contribution is 0.0950. The Morgan fingerprint density at radius 3 is 2.62 bits per heavy atom. The van der Waals surface area contributed by atoms with Crippen molar-refractivity contribution in [3.8, 4) is 0 Å². The standard InChI is InChI=1S/C19H15ClN4O2/c20-16-8-2-1-7-15(16)18(25)23-14-6-3-5-13(11-14)12-22-24-19(26)17-9-4-10-21-17/h1-12,21H,(H,23,25)(H,24,26)/b22-12-. The summed E-state index contributed by atoms with van der Waals surface area (Å²) in [6, 6.07) is 17.3. The number of nitrogens with zero attached hydrogens (tertiary/aromatic N) is 1. The van der Waals surface area contributed by atoms with Crippen LogP contribution in [0.4, 0.5) is 5.69 Å². The molecule has 0 saturated heterocycles. The predicted octanol–water partition coefficient (Wildman–Crippen LogP) is 3.68. The highest BCUT2D eigenvalue weighted by Gasteiger charge is 2.09. The van der Waals surface area contributed by atoms with Gasteiger partial charge in [-0.3, -0.25) is 9.59 Å². The maximum atomic E-state index is 12.3. The SMILES string of the molecule is O=C(N/N=C\c1cccc(NC(=O)c2ccccc2Cl)c1)c1ccc[nH]1. The van der Waals surface area contributed by atoms with E-state index >= 15 is 0 Å². The van der Waals surface area contributed by atoms with Crippen molar-refractivity contribution in [2.45, 2.75) is 0 Å². The van der Waals surface area contributed by atoms with E-state index in [4.69, 9.17) is 11.6 Å². The first-order valence-corrected chi connectivity index (χ1v) is 8.14. The Labute approximate surface area is 154 Å². The van der Waals surface area contributed by atoms with Crippen LogP contribution in [0.2, 0.25) is 5.02 Å². The number of anilines is 1. The molecular weight excluding hydrogens is 352 g/mol. The predicted molar refractivity (Wildman–Crippen MR) is 102 cm³/mol. The molecule has 0 unspecified atom stereocenters. The minimum absolute atomic E-state index is 0.301. The lowest BCUT2D eigenvalue weighted by Crippen LogP contribution is -2.17. The van der Waals surface area contributed by atoms with Crippen molar-refractivity contribution < 1.29 is 9.59 Å². The van der Waals surface area contributed by atoms with Crippen molar-refractivity contribution in [3.05, 3.63) is 88.7 Å². The number of hydrogen-bond donors (Lipinski definition) is 3. The molecule has 3 N–H and O–H groups in total. The number of amides is 2. The van der Waals surface area contributed by atoms with Crippen molar-refractivity contribution >= 4 is 35.3 Å². The number of carbonyl (C=O) groups is 2. The first kappa shape index (κ1) is 17.4. The van der Waals surface area contributed by atoms with Gasteiger partial charge in [-0.15, -0.1) is 0 Å². The summed E-state index contributed by atoms with van der Waals surface area (Å²) in [6.07, 6.45) is 3.15. The smallest absolute Gasteiger partial charge is 0.287 e. The van der Waals surface area contributed by atoms with Crippen molar-refractivity contribution in [2.75, 3.05) is 5.32 Å². The van der Waals surface area contributed by atoms with E-state index in [2.05, 4.69) is 20.8 Å². The van der Waals surface area contributed by atoms with E-state index in [0.717, 1.165) is 0 Å². The van der Waals surface area contributed by atoms with E-state index in [1.165, 1.54) is 6.21 Å². The summed E-state index contributed by atoms with van der Waals surface area (Å²) >= 11 is 6.03. The number of rotatable bonds is 5.